The highest BCUT2D eigenvalue weighted by atomic mass is 16.7. The maximum atomic E-state index is 12.7. The molecule has 1 heterocycles. The van der Waals surface area contributed by atoms with Crippen LogP contribution in [0.15, 0.2) is 0 Å². The van der Waals surface area contributed by atoms with E-state index in [1.165, 1.54) is 51.4 Å². The number of aliphatic hydroxyl groups is 6. The summed E-state index contributed by atoms with van der Waals surface area (Å²) in [7, 11) is 0. The molecule has 1 rings (SSSR count). The van der Waals surface area contributed by atoms with Crippen LogP contribution in [0.5, 0.6) is 0 Å². The van der Waals surface area contributed by atoms with Gasteiger partial charge in [-0.25, -0.2) is 0 Å². The number of nitrogens with one attached hydrogen (secondary N) is 1. The first-order valence-electron chi connectivity index (χ1n) is 19.8. The molecule has 0 aromatic heterocycles. The molecule has 0 bridgehead atoms. The molecule has 10 nitrogen and oxygen atoms in total. The summed E-state index contributed by atoms with van der Waals surface area (Å²) in [5.74, 6) is 58.4. The third kappa shape index (κ3) is 26.0. The van der Waals surface area contributed by atoms with Crippen LogP contribution in [0.1, 0.15) is 97.3 Å². The number of aliphatic hydroxyl groups excluding tert-OH is 6. The molecule has 0 aliphatic carbocycles. The van der Waals surface area contributed by atoms with Gasteiger partial charge < -0.3 is 45.4 Å². The van der Waals surface area contributed by atoms with Gasteiger partial charge in [-0.3, -0.25) is 4.79 Å². The molecule has 7 N–H and O–H groups in total. The summed E-state index contributed by atoms with van der Waals surface area (Å²) in [6.45, 7) is 2.73. The van der Waals surface area contributed by atoms with E-state index in [1.807, 2.05) is 0 Å². The van der Waals surface area contributed by atoms with E-state index in [9.17, 15) is 35.4 Å². The Bertz CT molecular complexity index is 2140. The maximum Gasteiger partial charge on any atom is 0.297 e. The minimum absolute atomic E-state index is 0.259. The molecule has 1 amide bonds. The fourth-order valence-corrected chi connectivity index (χ4v) is 5.24. The Morgan fingerprint density at radius 1 is 0.583 bits per heavy atom. The Hall–Kier alpha value is -6.13. The lowest BCUT2D eigenvalue weighted by atomic mass is 9.98. The van der Waals surface area contributed by atoms with Crippen molar-refractivity contribution in [2.75, 3.05) is 13.2 Å². The van der Waals surface area contributed by atoms with E-state index in [0.29, 0.717) is 6.42 Å². The van der Waals surface area contributed by atoms with Crippen molar-refractivity contribution in [1.82, 2.24) is 5.32 Å². The number of ether oxygens (including phenoxy) is 2. The molecule has 0 aromatic carbocycles. The highest BCUT2D eigenvalue weighted by Gasteiger charge is 2.44. The monoisotopic (exact) mass is 809 g/mol. The average Bonchev–Trinajstić information content (AvgIpc) is 3.25. The highest BCUT2D eigenvalue weighted by molar-refractivity contribution is 5.94. The zero-order valence-electron chi connectivity index (χ0n) is 34.1. The molecule has 8 atom stereocenters. The largest absolute Gasteiger partial charge is 0.394 e. The van der Waals surface area contributed by atoms with Gasteiger partial charge in [0.15, 0.2) is 6.29 Å². The third-order valence-corrected chi connectivity index (χ3v) is 8.38. The zero-order valence-corrected chi connectivity index (χ0v) is 34.1. The third-order valence-electron chi connectivity index (χ3n) is 8.38. The topological polar surface area (TPSA) is 169 Å². The molecule has 1 aliphatic heterocycles. The lowest BCUT2D eigenvalue weighted by Gasteiger charge is -2.40. The van der Waals surface area contributed by atoms with Crippen LogP contribution >= 0.6 is 0 Å². The van der Waals surface area contributed by atoms with Crippen molar-refractivity contribution in [2.45, 2.75) is 146 Å². The first-order valence-corrected chi connectivity index (χ1v) is 19.8. The minimum Gasteiger partial charge on any atom is -0.394 e. The lowest BCUT2D eigenvalue weighted by molar-refractivity contribution is -0.303. The Labute approximate surface area is 356 Å². The normalized spacial score (nSPS) is 17.8. The lowest BCUT2D eigenvalue weighted by Crippen LogP contribution is -2.60. The molecule has 1 fully saturated rings. The van der Waals surface area contributed by atoms with Crippen molar-refractivity contribution in [3.63, 3.8) is 0 Å². The molecule has 2 unspecified atom stereocenters. The van der Waals surface area contributed by atoms with Crippen LogP contribution in [-0.2, 0) is 14.3 Å². The summed E-state index contributed by atoms with van der Waals surface area (Å²) in [4.78, 5) is 12.7. The standard InChI is InChI=1S/C50H51NO9/c1-3-5-7-9-11-13-15-17-18-19-20-21-22-23-24-25-26-27-29-31-33-35-37-39-45(54)51-42(41-59-50-49(58)48(57)47(56)44(40-52)60-50)46(55)43(53)38-36-34-32-30-28-16-14-12-10-8-6-4-2/h42-44,46-50,52-53,55-58H,4,6,8,10,12,14,16,28,30,32,34,36,38,40-41H2,1-2H3,(H,51,54)/t42-,43+,44?,46-,47-,48-,49?,50+/m0/s1. The molecule has 0 aromatic rings. The summed E-state index contributed by atoms with van der Waals surface area (Å²) in [5.41, 5.74) is 0. The molecule has 10 heteroatoms. The Balaban J connectivity index is 2.73. The summed E-state index contributed by atoms with van der Waals surface area (Å²) >= 11 is 0. The smallest absolute Gasteiger partial charge is 0.297 e. The van der Waals surface area contributed by atoms with E-state index in [0.717, 1.165) is 19.3 Å². The van der Waals surface area contributed by atoms with E-state index in [1.54, 1.807) is 6.92 Å². The first kappa shape index (κ1) is 51.9. The summed E-state index contributed by atoms with van der Waals surface area (Å²) < 4.78 is 10.9. The predicted octanol–water partition coefficient (Wildman–Crippen LogP) is 1.16. The number of carbonyl (C=O) groups is 1. The van der Waals surface area contributed by atoms with E-state index in [2.05, 4.69) is 154 Å². The Morgan fingerprint density at radius 3 is 1.40 bits per heavy atom. The second-order valence-electron chi connectivity index (χ2n) is 13.0. The van der Waals surface area contributed by atoms with Gasteiger partial charge >= 0.3 is 0 Å². The van der Waals surface area contributed by atoms with Crippen molar-refractivity contribution in [3.8, 4) is 142 Å². The minimum atomic E-state index is -1.70. The van der Waals surface area contributed by atoms with Crippen molar-refractivity contribution < 1.29 is 44.9 Å². The fourth-order valence-electron chi connectivity index (χ4n) is 5.24. The maximum absolute atomic E-state index is 12.7. The van der Waals surface area contributed by atoms with Crippen LogP contribution < -0.4 is 5.32 Å². The molecular formula is C50H51NO9. The van der Waals surface area contributed by atoms with Gasteiger partial charge in [0, 0.05) is 41.4 Å². The van der Waals surface area contributed by atoms with Gasteiger partial charge in [-0.05, 0) is 108 Å². The summed E-state index contributed by atoms with van der Waals surface area (Å²) in [6, 6.07) is -1.23. The highest BCUT2D eigenvalue weighted by Crippen LogP contribution is 2.23. The quantitative estimate of drug-likeness (QED) is 0.0706. The summed E-state index contributed by atoms with van der Waals surface area (Å²) in [6.07, 6.45) is 3.47. The number of hydrogen-bond acceptors (Lipinski definition) is 9. The van der Waals surface area contributed by atoms with Gasteiger partial charge in [-0.1, -0.05) is 89.9 Å². The SMILES string of the molecule is CC#CC#CC#CC#CC#CC#CC#CC#CC#CC#CC#CC#CC(=O)N[C@@H](CO[C@@H]1OC(CO)[C@H](O)[C@H](O)C1O)[C@H](O)[C@H](O)CCCCCCCCCCCCCC. The first-order chi connectivity index (χ1) is 29.3. The van der Waals surface area contributed by atoms with Crippen LogP contribution in [0.25, 0.3) is 0 Å². The van der Waals surface area contributed by atoms with Crippen molar-refractivity contribution in [3.05, 3.63) is 0 Å². The van der Waals surface area contributed by atoms with Crippen LogP contribution in [0.3, 0.4) is 0 Å². The Morgan fingerprint density at radius 2 is 0.983 bits per heavy atom. The molecule has 1 saturated heterocycles. The van der Waals surface area contributed by atoms with Gasteiger partial charge in [0.1, 0.15) is 30.5 Å². The zero-order chi connectivity index (χ0) is 43.9. The van der Waals surface area contributed by atoms with Gasteiger partial charge in [-0.2, -0.15) is 0 Å². The Kier molecular flexibility index (Phi) is 31.1. The van der Waals surface area contributed by atoms with Crippen molar-refractivity contribution in [1.29, 1.82) is 0 Å². The van der Waals surface area contributed by atoms with Crippen LogP contribution in [0.4, 0.5) is 0 Å². The van der Waals surface area contributed by atoms with Crippen molar-refractivity contribution in [2.24, 2.45) is 0 Å². The van der Waals surface area contributed by atoms with Crippen LogP contribution in [0.2, 0.25) is 0 Å². The molecule has 1 aliphatic rings. The van der Waals surface area contributed by atoms with E-state index >= 15 is 0 Å². The second-order valence-corrected chi connectivity index (χ2v) is 13.0. The molecule has 310 valence electrons. The number of amides is 1. The van der Waals surface area contributed by atoms with E-state index in [4.69, 9.17) is 9.47 Å². The molecule has 60 heavy (non-hydrogen) atoms. The van der Waals surface area contributed by atoms with Gasteiger partial charge in [0.25, 0.3) is 5.91 Å². The van der Waals surface area contributed by atoms with Crippen LogP contribution in [0, 0.1) is 142 Å². The van der Waals surface area contributed by atoms with Gasteiger partial charge in [-0.15, -0.1) is 0 Å². The average molecular weight is 810 g/mol. The fraction of sp³-hybridized carbons (Fsp3) is 0.500. The van der Waals surface area contributed by atoms with Crippen molar-refractivity contribution >= 4 is 5.91 Å². The number of hydrogen-bond donors (Lipinski definition) is 7. The van der Waals surface area contributed by atoms with Crippen LogP contribution in [-0.4, -0.2) is 98.7 Å². The predicted molar refractivity (Wildman–Crippen MR) is 228 cm³/mol. The number of unbranched alkanes of at least 4 members (excludes halogenated alkanes) is 11. The number of carbonyl (C=O) groups excluding carboxylic acids is 1. The number of rotatable bonds is 20. The molecule has 0 saturated carbocycles. The molecule has 0 spiro atoms. The summed E-state index contributed by atoms with van der Waals surface area (Å²) in [5, 5.41) is 64.3. The molecule has 0 radical (unpaired) electrons. The van der Waals surface area contributed by atoms with E-state index in [-0.39, 0.29) is 6.42 Å². The van der Waals surface area contributed by atoms with E-state index < -0.39 is 68.1 Å². The second kappa shape index (κ2) is 36.0. The van der Waals surface area contributed by atoms with Gasteiger partial charge in [0.05, 0.1) is 25.4 Å². The molecular weight excluding hydrogens is 759 g/mol. The van der Waals surface area contributed by atoms with Gasteiger partial charge in [0.2, 0.25) is 0 Å².